The van der Waals surface area contributed by atoms with E-state index in [-0.39, 0.29) is 36.7 Å². The number of ketones is 1. The summed E-state index contributed by atoms with van der Waals surface area (Å²) >= 11 is 0. The summed E-state index contributed by atoms with van der Waals surface area (Å²) in [5, 5.41) is 5.65. The van der Waals surface area contributed by atoms with Gasteiger partial charge in [-0.1, -0.05) is 72.8 Å². The van der Waals surface area contributed by atoms with Crippen LogP contribution in [0.2, 0.25) is 0 Å². The molecule has 6 nitrogen and oxygen atoms in total. The van der Waals surface area contributed by atoms with Crippen molar-refractivity contribution < 1.29 is 19.1 Å². The molecule has 2 aliphatic rings. The fourth-order valence-electron chi connectivity index (χ4n) is 5.42. The van der Waals surface area contributed by atoms with Gasteiger partial charge in [0.15, 0.2) is 5.78 Å². The number of nitrogens with one attached hydrogen (secondary N) is 2. The Hall–Kier alpha value is -3.93. The highest BCUT2D eigenvalue weighted by molar-refractivity contribution is 5.91. The zero-order valence-corrected chi connectivity index (χ0v) is 20.3. The summed E-state index contributed by atoms with van der Waals surface area (Å²) < 4.78 is 5.56. The molecule has 2 N–H and O–H groups in total. The summed E-state index contributed by atoms with van der Waals surface area (Å²) in [6.07, 6.45) is 2.02. The Balaban J connectivity index is 1.19. The van der Waals surface area contributed by atoms with Gasteiger partial charge in [0.25, 0.3) is 0 Å². The van der Waals surface area contributed by atoms with Crippen molar-refractivity contribution in [2.24, 2.45) is 0 Å². The second-order valence-electron chi connectivity index (χ2n) is 9.55. The van der Waals surface area contributed by atoms with E-state index in [1.54, 1.807) is 0 Å². The molecule has 0 radical (unpaired) electrons. The minimum absolute atomic E-state index is 0.0754. The molecule has 0 heterocycles. The molecular weight excluding hydrogens is 452 g/mol. The first kappa shape index (κ1) is 23.8. The zero-order valence-electron chi connectivity index (χ0n) is 20.3. The Labute approximate surface area is 211 Å². The summed E-state index contributed by atoms with van der Waals surface area (Å²) in [5.74, 6) is -0.632. The number of fused-ring (bicyclic) bond motifs is 4. The van der Waals surface area contributed by atoms with E-state index < -0.39 is 12.1 Å². The molecule has 3 aromatic carbocycles. The molecule has 3 aromatic rings. The quantitative estimate of drug-likeness (QED) is 0.493. The van der Waals surface area contributed by atoms with Crippen LogP contribution in [0.15, 0.2) is 72.8 Å². The van der Waals surface area contributed by atoms with Crippen LogP contribution in [0.4, 0.5) is 4.79 Å². The van der Waals surface area contributed by atoms with Crippen molar-refractivity contribution in [2.75, 3.05) is 6.61 Å². The van der Waals surface area contributed by atoms with Gasteiger partial charge in [-0.2, -0.15) is 0 Å². The Bertz CT molecular complexity index is 1260. The summed E-state index contributed by atoms with van der Waals surface area (Å²) in [4.78, 5) is 37.7. The maximum Gasteiger partial charge on any atom is 0.407 e. The number of benzene rings is 3. The number of carbonyl (C=O) groups excluding carboxylic acids is 3. The van der Waals surface area contributed by atoms with E-state index in [9.17, 15) is 14.4 Å². The zero-order chi connectivity index (χ0) is 25.1. The fourth-order valence-corrected chi connectivity index (χ4v) is 5.42. The lowest BCUT2D eigenvalue weighted by atomic mass is 9.87. The van der Waals surface area contributed by atoms with Crippen molar-refractivity contribution >= 4 is 17.8 Å². The molecule has 0 spiro atoms. The van der Waals surface area contributed by atoms with Crippen LogP contribution in [0.1, 0.15) is 60.4 Å². The SMILES string of the molecule is CC(=O)[C@@H](CC(=O)NC1CCCc2ccccc21)NC(=O)OCC1c2ccccc2-c2ccccc21. The molecule has 1 unspecified atom stereocenters. The number of ether oxygens (including phenoxy) is 1. The monoisotopic (exact) mass is 482 g/mol. The normalized spacial score (nSPS) is 16.8. The average molecular weight is 483 g/mol. The molecule has 0 bridgehead atoms. The van der Waals surface area contributed by atoms with Crippen molar-refractivity contribution in [3.63, 3.8) is 0 Å². The number of rotatable bonds is 7. The summed E-state index contributed by atoms with van der Waals surface area (Å²) in [6.45, 7) is 1.52. The molecule has 0 aromatic heterocycles. The van der Waals surface area contributed by atoms with E-state index in [0.29, 0.717) is 0 Å². The Morgan fingerprint density at radius 3 is 2.17 bits per heavy atom. The van der Waals surface area contributed by atoms with Crippen molar-refractivity contribution in [1.82, 2.24) is 10.6 Å². The number of alkyl carbamates (subject to hydrolysis) is 1. The number of Topliss-reactive ketones (excluding diaryl/α,β-unsaturated/α-hetero) is 1. The molecule has 2 aliphatic carbocycles. The van der Waals surface area contributed by atoms with Crippen LogP contribution in [0, 0.1) is 0 Å². The predicted molar refractivity (Wildman–Crippen MR) is 138 cm³/mol. The third-order valence-electron chi connectivity index (χ3n) is 7.22. The average Bonchev–Trinajstić information content (AvgIpc) is 3.21. The minimum atomic E-state index is -0.945. The van der Waals surface area contributed by atoms with Crippen LogP contribution >= 0.6 is 0 Å². The minimum Gasteiger partial charge on any atom is -0.449 e. The maximum absolute atomic E-state index is 12.8. The lowest BCUT2D eigenvalue weighted by molar-refractivity contribution is -0.126. The Kier molecular flexibility index (Phi) is 6.85. The van der Waals surface area contributed by atoms with Gasteiger partial charge in [-0.25, -0.2) is 4.79 Å². The van der Waals surface area contributed by atoms with E-state index in [0.717, 1.165) is 47.1 Å². The van der Waals surface area contributed by atoms with Crippen molar-refractivity contribution in [1.29, 1.82) is 0 Å². The van der Waals surface area contributed by atoms with Gasteiger partial charge in [0.05, 0.1) is 18.5 Å². The second-order valence-corrected chi connectivity index (χ2v) is 9.55. The number of carbonyl (C=O) groups is 3. The predicted octanol–water partition coefficient (Wildman–Crippen LogP) is 5.07. The highest BCUT2D eigenvalue weighted by atomic mass is 16.5. The molecule has 0 saturated carbocycles. The summed E-state index contributed by atoms with van der Waals surface area (Å²) in [7, 11) is 0. The molecule has 0 aliphatic heterocycles. The third-order valence-corrected chi connectivity index (χ3v) is 7.22. The number of amides is 2. The van der Waals surface area contributed by atoms with Crippen LogP contribution in [-0.2, 0) is 20.7 Å². The van der Waals surface area contributed by atoms with Crippen molar-refractivity contribution in [3.05, 3.63) is 95.1 Å². The first-order chi connectivity index (χ1) is 17.5. The van der Waals surface area contributed by atoms with Crippen molar-refractivity contribution in [3.8, 4) is 11.1 Å². The highest BCUT2D eigenvalue weighted by Crippen LogP contribution is 2.44. The lowest BCUT2D eigenvalue weighted by Crippen LogP contribution is -2.44. The standard InChI is InChI=1S/C30H30N2O4/c1-19(33)28(17-29(34)31-27-16-8-10-20-9-2-3-11-21(20)27)32-30(35)36-18-26-24-14-6-4-12-22(24)23-13-5-7-15-25(23)26/h2-7,9,11-15,26-28H,8,10,16-18H2,1H3,(H,31,34)(H,32,35)/t27?,28-/m1/s1. The largest absolute Gasteiger partial charge is 0.449 e. The molecule has 2 amide bonds. The van der Waals surface area contributed by atoms with Gasteiger partial charge in [-0.3, -0.25) is 9.59 Å². The van der Waals surface area contributed by atoms with Crippen molar-refractivity contribution in [2.45, 2.75) is 50.6 Å². The van der Waals surface area contributed by atoms with E-state index in [1.807, 2.05) is 54.6 Å². The van der Waals surface area contributed by atoms with E-state index in [4.69, 9.17) is 4.74 Å². The maximum atomic E-state index is 12.8. The Morgan fingerprint density at radius 1 is 0.889 bits per heavy atom. The van der Waals surface area contributed by atoms with Crippen LogP contribution in [-0.4, -0.2) is 30.4 Å². The van der Waals surface area contributed by atoms with Crippen LogP contribution < -0.4 is 10.6 Å². The molecule has 5 rings (SSSR count). The molecule has 0 fully saturated rings. The van der Waals surface area contributed by atoms with Crippen LogP contribution in [0.25, 0.3) is 11.1 Å². The molecule has 6 heteroatoms. The van der Waals surface area contributed by atoms with Crippen LogP contribution in [0.5, 0.6) is 0 Å². The Morgan fingerprint density at radius 2 is 1.50 bits per heavy atom. The molecule has 2 atom stereocenters. The first-order valence-electron chi connectivity index (χ1n) is 12.5. The molecular formula is C30H30N2O4. The smallest absolute Gasteiger partial charge is 0.407 e. The van der Waals surface area contributed by atoms with Crippen LogP contribution in [0.3, 0.4) is 0 Å². The third kappa shape index (κ3) is 4.89. The van der Waals surface area contributed by atoms with Gasteiger partial charge in [0.1, 0.15) is 6.61 Å². The van der Waals surface area contributed by atoms with Gasteiger partial charge >= 0.3 is 6.09 Å². The van der Waals surface area contributed by atoms with Gasteiger partial charge < -0.3 is 15.4 Å². The number of hydrogen-bond acceptors (Lipinski definition) is 4. The number of hydrogen-bond donors (Lipinski definition) is 2. The first-order valence-corrected chi connectivity index (χ1v) is 12.5. The highest BCUT2D eigenvalue weighted by Gasteiger charge is 2.30. The second kappa shape index (κ2) is 10.4. The van der Waals surface area contributed by atoms with E-state index >= 15 is 0 Å². The van der Waals surface area contributed by atoms with E-state index in [2.05, 4.69) is 28.8 Å². The lowest BCUT2D eigenvalue weighted by Gasteiger charge is -2.27. The van der Waals surface area contributed by atoms with Gasteiger partial charge in [0.2, 0.25) is 5.91 Å². The molecule has 0 saturated heterocycles. The molecule has 36 heavy (non-hydrogen) atoms. The van der Waals surface area contributed by atoms with Gasteiger partial charge in [-0.05, 0) is 59.6 Å². The molecule has 184 valence electrons. The fraction of sp³-hybridized carbons (Fsp3) is 0.300. The number of aryl methyl sites for hydroxylation is 1. The van der Waals surface area contributed by atoms with Gasteiger partial charge in [-0.15, -0.1) is 0 Å². The van der Waals surface area contributed by atoms with Gasteiger partial charge in [0, 0.05) is 5.92 Å². The summed E-state index contributed by atoms with van der Waals surface area (Å²) in [5.41, 5.74) is 6.88. The summed E-state index contributed by atoms with van der Waals surface area (Å²) in [6, 6.07) is 23.3. The topological polar surface area (TPSA) is 84.5 Å². The van der Waals surface area contributed by atoms with E-state index in [1.165, 1.54) is 12.5 Å².